The van der Waals surface area contributed by atoms with Gasteiger partial charge >= 0.3 is 6.18 Å². The Morgan fingerprint density at radius 1 is 1.15 bits per heavy atom. The first-order chi connectivity index (χ1) is 15.4. The van der Waals surface area contributed by atoms with Crippen LogP contribution in [0.15, 0.2) is 45.5 Å². The average molecular weight is 537 g/mol. The van der Waals surface area contributed by atoms with Crippen molar-refractivity contribution in [3.8, 4) is 17.0 Å². The third kappa shape index (κ3) is 5.31. The number of oxazole rings is 1. The Kier molecular flexibility index (Phi) is 7.05. The van der Waals surface area contributed by atoms with E-state index < -0.39 is 65.3 Å². The molecule has 1 amide bonds. The van der Waals surface area contributed by atoms with E-state index in [2.05, 4.69) is 20.9 Å². The summed E-state index contributed by atoms with van der Waals surface area (Å²) in [5, 5.41) is 20.4. The number of nitrogens with zero attached hydrogens (tertiary/aromatic N) is 1. The monoisotopic (exact) mass is 536 g/mol. The molecule has 7 nitrogen and oxygen atoms in total. The highest BCUT2D eigenvalue weighted by molar-refractivity contribution is 9.10. The number of carbonyl (C=O) groups excluding carboxylic acids is 1. The number of alkyl halides is 3. The molecule has 2 unspecified atom stereocenters. The summed E-state index contributed by atoms with van der Waals surface area (Å²) in [6.45, 7) is -0.725. The van der Waals surface area contributed by atoms with Gasteiger partial charge in [-0.3, -0.25) is 4.79 Å². The molecular formula is C20H14BrF5N2O5. The van der Waals surface area contributed by atoms with Crippen molar-refractivity contribution in [2.75, 3.05) is 6.61 Å². The number of hydrogen-bond acceptors (Lipinski definition) is 6. The Morgan fingerprint density at radius 2 is 1.79 bits per heavy atom. The molecule has 2 aromatic carbocycles. The minimum absolute atomic E-state index is 0.0277. The molecule has 1 aromatic heterocycles. The normalized spacial score (nSPS) is 13.6. The lowest BCUT2D eigenvalue weighted by Gasteiger charge is -2.16. The Morgan fingerprint density at radius 3 is 2.36 bits per heavy atom. The first-order valence-corrected chi connectivity index (χ1v) is 9.80. The first kappa shape index (κ1) is 24.6. The van der Waals surface area contributed by atoms with Crippen LogP contribution in [-0.4, -0.2) is 33.8 Å². The van der Waals surface area contributed by atoms with Crippen molar-refractivity contribution in [3.63, 3.8) is 0 Å². The summed E-state index contributed by atoms with van der Waals surface area (Å²) in [7, 11) is 0. The largest absolute Gasteiger partial charge is 0.488 e. The summed E-state index contributed by atoms with van der Waals surface area (Å²) in [5.41, 5.74) is 3.31. The van der Waals surface area contributed by atoms with Crippen molar-refractivity contribution < 1.29 is 46.1 Å². The number of halogens is 6. The SMILES string of the molecule is NC(=O)c1c(F)ccc(OCC(O)C(O)c2nc(-c3ccc(C(F)(F)F)cc3)c(Br)o2)c1F. The molecule has 4 N–H and O–H groups in total. The summed E-state index contributed by atoms with van der Waals surface area (Å²) in [5.74, 6) is -4.96. The number of rotatable bonds is 7. The van der Waals surface area contributed by atoms with Gasteiger partial charge in [0, 0.05) is 5.56 Å². The van der Waals surface area contributed by atoms with Crippen LogP contribution in [0.25, 0.3) is 11.3 Å². The molecule has 33 heavy (non-hydrogen) atoms. The number of ether oxygens (including phenoxy) is 1. The van der Waals surface area contributed by atoms with Gasteiger partial charge in [-0.05, 0) is 40.2 Å². The third-order valence-corrected chi connectivity index (χ3v) is 4.95. The van der Waals surface area contributed by atoms with E-state index in [0.717, 1.165) is 36.4 Å². The topological polar surface area (TPSA) is 119 Å². The van der Waals surface area contributed by atoms with Gasteiger partial charge in [-0.2, -0.15) is 13.2 Å². The number of nitrogens with two attached hydrogens (primary N) is 1. The lowest BCUT2D eigenvalue weighted by Crippen LogP contribution is -2.26. The number of hydrogen-bond donors (Lipinski definition) is 3. The predicted octanol–water partition coefficient (Wildman–Crippen LogP) is 3.97. The molecule has 13 heteroatoms. The van der Waals surface area contributed by atoms with E-state index in [0.29, 0.717) is 0 Å². The molecule has 0 saturated carbocycles. The van der Waals surface area contributed by atoms with Crippen molar-refractivity contribution >= 4 is 21.8 Å². The molecule has 2 atom stereocenters. The Labute approximate surface area is 190 Å². The summed E-state index contributed by atoms with van der Waals surface area (Å²) in [4.78, 5) is 15.1. The smallest absolute Gasteiger partial charge is 0.416 e. The molecule has 0 saturated heterocycles. The second-order valence-corrected chi connectivity index (χ2v) is 7.39. The number of primary amides is 1. The van der Waals surface area contributed by atoms with Crippen molar-refractivity contribution in [3.05, 3.63) is 69.7 Å². The van der Waals surface area contributed by atoms with Gasteiger partial charge in [-0.15, -0.1) is 0 Å². The molecule has 0 spiro atoms. The lowest BCUT2D eigenvalue weighted by atomic mass is 10.1. The second-order valence-electron chi connectivity index (χ2n) is 6.67. The number of aromatic nitrogens is 1. The predicted molar refractivity (Wildman–Crippen MR) is 106 cm³/mol. The molecule has 0 aliphatic carbocycles. The zero-order valence-electron chi connectivity index (χ0n) is 16.2. The zero-order valence-corrected chi connectivity index (χ0v) is 17.8. The number of benzene rings is 2. The van der Waals surface area contributed by atoms with Gasteiger partial charge in [0.05, 0.1) is 5.56 Å². The highest BCUT2D eigenvalue weighted by Gasteiger charge is 2.31. The van der Waals surface area contributed by atoms with Crippen LogP contribution < -0.4 is 10.5 Å². The number of amides is 1. The van der Waals surface area contributed by atoms with Crippen molar-refractivity contribution in [2.24, 2.45) is 5.73 Å². The van der Waals surface area contributed by atoms with E-state index in [1.54, 1.807) is 0 Å². The zero-order chi connectivity index (χ0) is 24.5. The number of carbonyl (C=O) groups is 1. The summed E-state index contributed by atoms with van der Waals surface area (Å²) >= 11 is 3.04. The van der Waals surface area contributed by atoms with Gasteiger partial charge in [0.2, 0.25) is 5.89 Å². The van der Waals surface area contributed by atoms with Gasteiger partial charge in [0.1, 0.15) is 29.8 Å². The fraction of sp³-hybridized carbons (Fsp3) is 0.200. The molecule has 0 aliphatic heterocycles. The summed E-state index contributed by atoms with van der Waals surface area (Å²) in [6, 6.07) is 5.58. The third-order valence-electron chi connectivity index (χ3n) is 4.42. The molecule has 0 bridgehead atoms. The molecule has 3 aromatic rings. The van der Waals surface area contributed by atoms with E-state index in [1.807, 2.05) is 0 Å². The van der Waals surface area contributed by atoms with Gasteiger partial charge in [-0.25, -0.2) is 13.8 Å². The fourth-order valence-electron chi connectivity index (χ4n) is 2.74. The van der Waals surface area contributed by atoms with Crippen LogP contribution in [0.5, 0.6) is 5.75 Å². The van der Waals surface area contributed by atoms with E-state index in [4.69, 9.17) is 14.9 Å². The summed E-state index contributed by atoms with van der Waals surface area (Å²) in [6.07, 6.45) is -8.03. The van der Waals surface area contributed by atoms with Crippen LogP contribution in [-0.2, 0) is 6.18 Å². The molecule has 3 rings (SSSR count). The maximum Gasteiger partial charge on any atom is 0.416 e. The minimum Gasteiger partial charge on any atom is -0.488 e. The van der Waals surface area contributed by atoms with Gasteiger partial charge in [-0.1, -0.05) is 12.1 Å². The Hall–Kier alpha value is -3.03. The molecule has 0 radical (unpaired) electrons. The van der Waals surface area contributed by atoms with Crippen LogP contribution >= 0.6 is 15.9 Å². The standard InChI is InChI=1S/C20H14BrF5N2O5/c21-17-15(8-1-3-9(4-2-8)20(24,25)26)28-19(33-17)16(30)11(29)7-32-12-6-5-10(22)13(14(12)23)18(27)31/h1-6,11,16,29-30H,7H2,(H2,27,31). The second kappa shape index (κ2) is 9.45. The Bertz CT molecular complexity index is 1170. The molecule has 0 fully saturated rings. The van der Waals surface area contributed by atoms with Crippen LogP contribution in [0.2, 0.25) is 0 Å². The maximum atomic E-state index is 14.2. The van der Waals surface area contributed by atoms with Crippen LogP contribution in [0, 0.1) is 11.6 Å². The average Bonchev–Trinajstić information content (AvgIpc) is 3.13. The molecule has 0 aliphatic rings. The molecular weight excluding hydrogens is 523 g/mol. The van der Waals surface area contributed by atoms with E-state index in [9.17, 15) is 37.0 Å². The minimum atomic E-state index is -4.52. The Balaban J connectivity index is 1.74. The van der Waals surface area contributed by atoms with Gasteiger partial charge < -0.3 is 25.1 Å². The first-order valence-electron chi connectivity index (χ1n) is 9.00. The maximum absolute atomic E-state index is 14.2. The fourth-order valence-corrected chi connectivity index (χ4v) is 3.22. The van der Waals surface area contributed by atoms with Crippen molar-refractivity contribution in [1.82, 2.24) is 4.98 Å². The molecule has 1 heterocycles. The highest BCUT2D eigenvalue weighted by atomic mass is 79.9. The van der Waals surface area contributed by atoms with Crippen LogP contribution in [0.1, 0.15) is 27.9 Å². The van der Waals surface area contributed by atoms with Gasteiger partial charge in [0.15, 0.2) is 22.3 Å². The van der Waals surface area contributed by atoms with Crippen LogP contribution in [0.4, 0.5) is 22.0 Å². The van der Waals surface area contributed by atoms with Gasteiger partial charge in [0.25, 0.3) is 5.91 Å². The lowest BCUT2D eigenvalue weighted by molar-refractivity contribution is -0.137. The number of aliphatic hydroxyl groups excluding tert-OH is 2. The quantitative estimate of drug-likeness (QED) is 0.393. The van der Waals surface area contributed by atoms with E-state index >= 15 is 0 Å². The van der Waals surface area contributed by atoms with E-state index in [-0.39, 0.29) is 15.9 Å². The summed E-state index contributed by atoms with van der Waals surface area (Å²) < 4.78 is 76.1. The van der Waals surface area contributed by atoms with Crippen molar-refractivity contribution in [1.29, 1.82) is 0 Å². The van der Waals surface area contributed by atoms with Crippen molar-refractivity contribution in [2.45, 2.75) is 18.4 Å². The number of aliphatic hydroxyl groups is 2. The molecule has 176 valence electrons. The van der Waals surface area contributed by atoms with E-state index in [1.165, 1.54) is 0 Å². The van der Waals surface area contributed by atoms with Crippen LogP contribution in [0.3, 0.4) is 0 Å². The highest BCUT2D eigenvalue weighted by Crippen LogP contribution is 2.34.